The van der Waals surface area contributed by atoms with E-state index in [1.807, 2.05) is 0 Å². The maximum atomic E-state index is 12.9. The van der Waals surface area contributed by atoms with Crippen LogP contribution in [-0.4, -0.2) is 37.2 Å². The highest BCUT2D eigenvalue weighted by molar-refractivity contribution is 5.71. The number of carbonyl (C=O) groups is 3. The van der Waals surface area contributed by atoms with Crippen molar-refractivity contribution in [2.24, 2.45) is 0 Å². The molecule has 68 heavy (non-hydrogen) atoms. The molecule has 1 atom stereocenters. The molecule has 0 bridgehead atoms. The van der Waals surface area contributed by atoms with E-state index in [1.54, 1.807) is 0 Å². The van der Waals surface area contributed by atoms with Gasteiger partial charge in [-0.1, -0.05) is 296 Å². The zero-order chi connectivity index (χ0) is 49.3. The van der Waals surface area contributed by atoms with E-state index in [2.05, 4.69) is 32.9 Å². The van der Waals surface area contributed by atoms with Gasteiger partial charge in [-0.15, -0.1) is 0 Å². The van der Waals surface area contributed by atoms with Crippen LogP contribution in [0.1, 0.15) is 348 Å². The Balaban J connectivity index is 4.21. The van der Waals surface area contributed by atoms with Crippen LogP contribution in [0.5, 0.6) is 0 Å². The molecule has 0 N–H and O–H groups in total. The summed E-state index contributed by atoms with van der Waals surface area (Å²) >= 11 is 0. The van der Waals surface area contributed by atoms with Gasteiger partial charge in [-0.25, -0.2) is 0 Å². The van der Waals surface area contributed by atoms with E-state index in [1.165, 1.54) is 250 Å². The number of hydrogen-bond acceptors (Lipinski definition) is 6. The second kappa shape index (κ2) is 57.7. The summed E-state index contributed by atoms with van der Waals surface area (Å²) in [4.78, 5) is 38.2. The summed E-state index contributed by atoms with van der Waals surface area (Å²) in [6, 6.07) is 0. The fraction of sp³-hybridized carbons (Fsp3) is 0.919. The van der Waals surface area contributed by atoms with Crippen LogP contribution in [-0.2, 0) is 28.6 Å². The number of allylic oxidation sites excluding steroid dienone is 2. The summed E-state index contributed by atoms with van der Waals surface area (Å²) in [7, 11) is 0. The molecule has 0 aromatic heterocycles. The first kappa shape index (κ1) is 66.2. The molecule has 0 rings (SSSR count). The van der Waals surface area contributed by atoms with Gasteiger partial charge in [0.2, 0.25) is 0 Å². The van der Waals surface area contributed by atoms with Crippen molar-refractivity contribution in [3.63, 3.8) is 0 Å². The smallest absolute Gasteiger partial charge is 0.306 e. The first-order valence-electron chi connectivity index (χ1n) is 30.7. The van der Waals surface area contributed by atoms with Gasteiger partial charge in [0.05, 0.1) is 0 Å². The standard InChI is InChI=1S/C62H118O6/c1-4-7-10-13-16-19-22-24-26-28-29-30-31-32-33-34-36-37-40-43-46-49-52-55-61(64)67-58-59(57-66-60(63)54-51-48-45-42-39-21-18-15-12-9-6-3)68-62(65)56-53-50-47-44-41-38-35-27-25-23-20-17-14-11-8-5-2/h28-29,59H,4-27,30-58H2,1-3H3/b29-28-. The average molecular weight is 960 g/mol. The predicted molar refractivity (Wildman–Crippen MR) is 293 cm³/mol. The van der Waals surface area contributed by atoms with E-state index in [4.69, 9.17) is 14.2 Å². The van der Waals surface area contributed by atoms with Crippen molar-refractivity contribution in [3.05, 3.63) is 12.2 Å². The zero-order valence-electron chi connectivity index (χ0n) is 46.2. The van der Waals surface area contributed by atoms with Crippen molar-refractivity contribution in [2.45, 2.75) is 354 Å². The minimum atomic E-state index is -0.764. The van der Waals surface area contributed by atoms with Gasteiger partial charge in [-0.3, -0.25) is 14.4 Å². The van der Waals surface area contributed by atoms with Crippen molar-refractivity contribution in [3.8, 4) is 0 Å². The Morgan fingerprint density at radius 2 is 0.485 bits per heavy atom. The lowest BCUT2D eigenvalue weighted by Gasteiger charge is -2.18. The van der Waals surface area contributed by atoms with E-state index >= 15 is 0 Å². The van der Waals surface area contributed by atoms with Crippen molar-refractivity contribution >= 4 is 17.9 Å². The highest BCUT2D eigenvalue weighted by Gasteiger charge is 2.19. The third-order valence-corrected chi connectivity index (χ3v) is 14.0. The molecule has 0 aromatic carbocycles. The molecule has 1 unspecified atom stereocenters. The molecule has 0 spiro atoms. The monoisotopic (exact) mass is 959 g/mol. The van der Waals surface area contributed by atoms with E-state index in [0.29, 0.717) is 19.3 Å². The SMILES string of the molecule is CCCCCCCCCC/C=C\CCCCCCCCCCCCCC(=O)OCC(COC(=O)CCCCCCCCCCCCC)OC(=O)CCCCCCCCCCCCCCCCCC. The van der Waals surface area contributed by atoms with Crippen LogP contribution in [0.4, 0.5) is 0 Å². The lowest BCUT2D eigenvalue weighted by Crippen LogP contribution is -2.30. The van der Waals surface area contributed by atoms with E-state index < -0.39 is 6.10 Å². The topological polar surface area (TPSA) is 78.9 Å². The molecule has 0 heterocycles. The van der Waals surface area contributed by atoms with Crippen LogP contribution < -0.4 is 0 Å². The third-order valence-electron chi connectivity index (χ3n) is 14.0. The highest BCUT2D eigenvalue weighted by atomic mass is 16.6. The minimum absolute atomic E-state index is 0.0639. The van der Waals surface area contributed by atoms with Gasteiger partial charge >= 0.3 is 17.9 Å². The molecule has 6 heteroatoms. The van der Waals surface area contributed by atoms with Crippen LogP contribution in [0.15, 0.2) is 12.2 Å². The average Bonchev–Trinajstić information content (AvgIpc) is 3.34. The van der Waals surface area contributed by atoms with Gasteiger partial charge in [0.25, 0.3) is 0 Å². The van der Waals surface area contributed by atoms with Crippen molar-refractivity contribution in [1.82, 2.24) is 0 Å². The summed E-state index contributed by atoms with van der Waals surface area (Å²) in [6.45, 7) is 6.70. The fourth-order valence-electron chi connectivity index (χ4n) is 9.38. The molecule has 6 nitrogen and oxygen atoms in total. The van der Waals surface area contributed by atoms with Crippen LogP contribution in [0.25, 0.3) is 0 Å². The Kier molecular flexibility index (Phi) is 56.2. The molecular formula is C62H118O6. The van der Waals surface area contributed by atoms with Crippen LogP contribution in [0, 0.1) is 0 Å². The molecule has 0 fully saturated rings. The van der Waals surface area contributed by atoms with Crippen molar-refractivity contribution in [2.75, 3.05) is 13.2 Å². The minimum Gasteiger partial charge on any atom is -0.462 e. The number of esters is 3. The highest BCUT2D eigenvalue weighted by Crippen LogP contribution is 2.18. The van der Waals surface area contributed by atoms with Gasteiger partial charge in [0.15, 0.2) is 6.10 Å². The molecule has 0 amide bonds. The summed E-state index contributed by atoms with van der Waals surface area (Å²) in [6.07, 6.45) is 66.4. The fourth-order valence-corrected chi connectivity index (χ4v) is 9.38. The van der Waals surface area contributed by atoms with Crippen LogP contribution >= 0.6 is 0 Å². The largest absolute Gasteiger partial charge is 0.462 e. The first-order chi connectivity index (χ1) is 33.5. The van der Waals surface area contributed by atoms with Gasteiger partial charge in [0, 0.05) is 19.3 Å². The van der Waals surface area contributed by atoms with Gasteiger partial charge in [0.1, 0.15) is 13.2 Å². The quantitative estimate of drug-likeness (QED) is 0.0262. The van der Waals surface area contributed by atoms with Gasteiger partial charge < -0.3 is 14.2 Å². The van der Waals surface area contributed by atoms with Crippen LogP contribution in [0.2, 0.25) is 0 Å². The second-order valence-corrected chi connectivity index (χ2v) is 21.0. The van der Waals surface area contributed by atoms with Crippen LogP contribution in [0.3, 0.4) is 0 Å². The lowest BCUT2D eigenvalue weighted by molar-refractivity contribution is -0.167. The second-order valence-electron chi connectivity index (χ2n) is 21.0. The number of hydrogen-bond donors (Lipinski definition) is 0. The number of unbranched alkanes of at least 4 members (excludes halogenated alkanes) is 44. The van der Waals surface area contributed by atoms with E-state index in [9.17, 15) is 14.4 Å². The maximum Gasteiger partial charge on any atom is 0.306 e. The Labute approximate surface area is 424 Å². The molecule has 0 radical (unpaired) electrons. The Hall–Kier alpha value is -1.85. The molecule has 0 aromatic rings. The van der Waals surface area contributed by atoms with Crippen molar-refractivity contribution < 1.29 is 28.6 Å². The molecule has 0 saturated carbocycles. The number of carbonyl (C=O) groups excluding carboxylic acids is 3. The molecule has 402 valence electrons. The molecule has 0 aliphatic rings. The molecular weight excluding hydrogens is 841 g/mol. The lowest BCUT2D eigenvalue weighted by atomic mass is 10.0. The number of ether oxygens (including phenoxy) is 3. The molecule has 0 aliphatic heterocycles. The Morgan fingerprint density at radius 1 is 0.279 bits per heavy atom. The summed E-state index contributed by atoms with van der Waals surface area (Å²) < 4.78 is 16.9. The molecule has 0 saturated heterocycles. The predicted octanol–water partition coefficient (Wildman–Crippen LogP) is 20.5. The normalized spacial score (nSPS) is 12.0. The summed E-state index contributed by atoms with van der Waals surface area (Å²) in [5, 5.41) is 0. The van der Waals surface area contributed by atoms with E-state index in [-0.39, 0.29) is 31.1 Å². The Bertz CT molecular complexity index is 1060. The maximum absolute atomic E-state index is 12.9. The zero-order valence-corrected chi connectivity index (χ0v) is 46.2. The van der Waals surface area contributed by atoms with Gasteiger partial charge in [-0.05, 0) is 44.9 Å². The summed E-state index contributed by atoms with van der Waals surface area (Å²) in [5.41, 5.74) is 0. The van der Waals surface area contributed by atoms with Gasteiger partial charge in [-0.2, -0.15) is 0 Å². The van der Waals surface area contributed by atoms with Crippen molar-refractivity contribution in [1.29, 1.82) is 0 Å². The van der Waals surface area contributed by atoms with E-state index in [0.717, 1.165) is 57.8 Å². The first-order valence-corrected chi connectivity index (χ1v) is 30.7. The summed E-state index contributed by atoms with van der Waals surface area (Å²) in [5.74, 6) is -0.839. The molecule has 0 aliphatic carbocycles. The third kappa shape index (κ3) is 55.1. The number of rotatable bonds is 57. The Morgan fingerprint density at radius 3 is 0.735 bits per heavy atom.